The monoisotopic (exact) mass is 511 g/mol. The van der Waals surface area contributed by atoms with E-state index in [9.17, 15) is 20.1 Å². The fourth-order valence-corrected chi connectivity index (χ4v) is 5.51. The zero-order valence-corrected chi connectivity index (χ0v) is 21.7. The first-order valence-electron chi connectivity index (χ1n) is 13.0. The zero-order chi connectivity index (χ0) is 26.3. The average molecular weight is 512 g/mol. The summed E-state index contributed by atoms with van der Waals surface area (Å²) in [7, 11) is 1.60. The van der Waals surface area contributed by atoms with Crippen LogP contribution in [0.4, 0.5) is 5.82 Å². The maximum atomic E-state index is 12.6. The normalized spacial score (nSPS) is 25.5. The van der Waals surface area contributed by atoms with Crippen LogP contribution in [-0.4, -0.2) is 89.3 Å². The number of methoxy groups -OCH3 is 1. The number of carbonyl (C=O) groups is 1. The minimum absolute atomic E-state index is 0.0152. The molecular weight excluding hydrogens is 474 g/mol. The number of ether oxygens (including phenoxy) is 2. The molecule has 0 radical (unpaired) electrons. The maximum absolute atomic E-state index is 12.6. The van der Waals surface area contributed by atoms with Gasteiger partial charge in [-0.05, 0) is 55.0 Å². The Kier molecular flexibility index (Phi) is 7.04. The Balaban J connectivity index is 1.30. The molecule has 1 unspecified atom stereocenters. The molecule has 3 aliphatic rings. The molecule has 9 nitrogen and oxygen atoms in total. The van der Waals surface area contributed by atoms with E-state index in [0.29, 0.717) is 24.0 Å². The third-order valence-corrected chi connectivity index (χ3v) is 8.33. The van der Waals surface area contributed by atoms with E-state index < -0.39 is 30.1 Å². The van der Waals surface area contributed by atoms with E-state index >= 15 is 0 Å². The van der Waals surface area contributed by atoms with Crippen LogP contribution in [-0.2, 0) is 4.79 Å². The summed E-state index contributed by atoms with van der Waals surface area (Å²) in [5, 5.41) is 29.8. The number of rotatable bonds is 9. The Morgan fingerprint density at radius 1 is 1.14 bits per heavy atom. The number of aliphatic hydroxyl groups is 3. The van der Waals surface area contributed by atoms with Crippen molar-refractivity contribution in [1.82, 2.24) is 9.88 Å². The molecule has 9 heteroatoms. The Morgan fingerprint density at radius 2 is 1.86 bits per heavy atom. The number of aromatic nitrogens is 1. The van der Waals surface area contributed by atoms with Crippen LogP contribution in [0.25, 0.3) is 0 Å². The minimum Gasteiger partial charge on any atom is -0.493 e. The molecule has 3 heterocycles. The number of nitrogens with zero attached hydrogens (tertiary/aromatic N) is 3. The average Bonchev–Trinajstić information content (AvgIpc) is 3.67. The first kappa shape index (κ1) is 25.8. The van der Waals surface area contributed by atoms with Gasteiger partial charge in [0.25, 0.3) is 5.91 Å². The molecule has 1 amide bonds. The van der Waals surface area contributed by atoms with Crippen LogP contribution in [0.1, 0.15) is 49.7 Å². The smallest absolute Gasteiger partial charge is 0.253 e. The molecule has 2 aliphatic heterocycles. The SMILES string of the molecule is COc1ccc([C@@H]2CN(C(=O)C(O)CO)C[C@@]2(C)[C@@H](C)O)cc1OC1CN(c2ccc(C3CC3)cn2)C1. The van der Waals surface area contributed by atoms with Crippen molar-refractivity contribution in [2.24, 2.45) is 5.41 Å². The second-order valence-electron chi connectivity index (χ2n) is 10.9. The van der Waals surface area contributed by atoms with Gasteiger partial charge in [0.2, 0.25) is 0 Å². The summed E-state index contributed by atoms with van der Waals surface area (Å²) < 4.78 is 11.9. The Hall–Kier alpha value is -2.88. The first-order valence-corrected chi connectivity index (χ1v) is 13.0. The van der Waals surface area contributed by atoms with Gasteiger partial charge >= 0.3 is 0 Å². The fourth-order valence-electron chi connectivity index (χ4n) is 5.51. The van der Waals surface area contributed by atoms with Crippen LogP contribution in [0.3, 0.4) is 0 Å². The highest BCUT2D eigenvalue weighted by Gasteiger charge is 2.49. The molecule has 4 atom stereocenters. The van der Waals surface area contributed by atoms with Gasteiger partial charge in [-0.2, -0.15) is 0 Å². The molecule has 200 valence electrons. The van der Waals surface area contributed by atoms with Crippen LogP contribution in [0.5, 0.6) is 11.5 Å². The molecule has 3 N–H and O–H groups in total. The van der Waals surface area contributed by atoms with Crippen LogP contribution in [0.2, 0.25) is 0 Å². The molecule has 1 aromatic heterocycles. The fraction of sp³-hybridized carbons (Fsp3) is 0.571. The van der Waals surface area contributed by atoms with E-state index in [1.54, 1.807) is 14.0 Å². The van der Waals surface area contributed by atoms with Gasteiger partial charge in [-0.3, -0.25) is 4.79 Å². The third kappa shape index (κ3) is 5.00. The summed E-state index contributed by atoms with van der Waals surface area (Å²) in [6, 6.07) is 9.99. The summed E-state index contributed by atoms with van der Waals surface area (Å²) in [4.78, 5) is 20.9. The molecular formula is C28H37N3O6. The Labute approximate surface area is 217 Å². The molecule has 2 aromatic rings. The highest BCUT2D eigenvalue weighted by atomic mass is 16.5. The number of hydrogen-bond acceptors (Lipinski definition) is 8. The number of amides is 1. The van der Waals surface area contributed by atoms with Gasteiger partial charge in [0.05, 0.1) is 32.9 Å². The lowest BCUT2D eigenvalue weighted by molar-refractivity contribution is -0.141. The van der Waals surface area contributed by atoms with Crippen LogP contribution < -0.4 is 14.4 Å². The first-order chi connectivity index (χ1) is 17.7. The summed E-state index contributed by atoms with van der Waals surface area (Å²) in [6.45, 7) is 5.07. The summed E-state index contributed by atoms with van der Waals surface area (Å²) in [5.74, 6) is 2.16. The van der Waals surface area contributed by atoms with Crippen molar-refractivity contribution < 1.29 is 29.6 Å². The lowest BCUT2D eigenvalue weighted by Gasteiger charge is -2.40. The molecule has 5 rings (SSSR count). The van der Waals surface area contributed by atoms with Crippen molar-refractivity contribution >= 4 is 11.7 Å². The predicted molar refractivity (Wildman–Crippen MR) is 138 cm³/mol. The number of pyridine rings is 1. The van der Waals surface area contributed by atoms with Gasteiger partial charge in [0.1, 0.15) is 11.9 Å². The predicted octanol–water partition coefficient (Wildman–Crippen LogP) is 1.90. The second-order valence-corrected chi connectivity index (χ2v) is 10.9. The van der Waals surface area contributed by atoms with Crippen LogP contribution >= 0.6 is 0 Å². The van der Waals surface area contributed by atoms with Crippen molar-refractivity contribution in [3.63, 3.8) is 0 Å². The van der Waals surface area contributed by atoms with E-state index in [2.05, 4.69) is 22.0 Å². The Morgan fingerprint density at radius 3 is 2.46 bits per heavy atom. The number of aliphatic hydroxyl groups excluding tert-OH is 3. The van der Waals surface area contributed by atoms with Crippen molar-refractivity contribution in [3.8, 4) is 11.5 Å². The van der Waals surface area contributed by atoms with Crippen molar-refractivity contribution in [2.45, 2.75) is 56.8 Å². The second kappa shape index (κ2) is 10.1. The summed E-state index contributed by atoms with van der Waals surface area (Å²) in [5.41, 5.74) is 1.60. The van der Waals surface area contributed by atoms with Gasteiger partial charge in [-0.15, -0.1) is 0 Å². The molecule has 2 saturated heterocycles. The van der Waals surface area contributed by atoms with E-state index in [0.717, 1.165) is 24.5 Å². The van der Waals surface area contributed by atoms with Crippen molar-refractivity contribution in [2.75, 3.05) is 44.8 Å². The molecule has 1 saturated carbocycles. The molecule has 1 aliphatic carbocycles. The van der Waals surface area contributed by atoms with Gasteiger partial charge in [-0.25, -0.2) is 4.98 Å². The quantitative estimate of drug-likeness (QED) is 0.468. The van der Waals surface area contributed by atoms with Gasteiger partial charge in [0, 0.05) is 30.6 Å². The number of anilines is 1. The van der Waals surface area contributed by atoms with Crippen molar-refractivity contribution in [3.05, 3.63) is 47.7 Å². The van der Waals surface area contributed by atoms with Gasteiger partial charge in [-0.1, -0.05) is 19.1 Å². The largest absolute Gasteiger partial charge is 0.493 e. The lowest BCUT2D eigenvalue weighted by Crippen LogP contribution is -2.54. The van der Waals surface area contributed by atoms with Gasteiger partial charge in [0.15, 0.2) is 17.6 Å². The molecule has 3 fully saturated rings. The summed E-state index contributed by atoms with van der Waals surface area (Å²) in [6.07, 6.45) is 2.33. The summed E-state index contributed by atoms with van der Waals surface area (Å²) >= 11 is 0. The molecule has 37 heavy (non-hydrogen) atoms. The van der Waals surface area contributed by atoms with E-state index in [4.69, 9.17) is 9.47 Å². The number of hydrogen-bond donors (Lipinski definition) is 3. The highest BCUT2D eigenvalue weighted by molar-refractivity contribution is 5.81. The maximum Gasteiger partial charge on any atom is 0.253 e. The third-order valence-electron chi connectivity index (χ3n) is 8.33. The Bertz CT molecular complexity index is 1120. The zero-order valence-electron chi connectivity index (χ0n) is 21.7. The molecule has 0 bridgehead atoms. The molecule has 0 spiro atoms. The number of carbonyl (C=O) groups excluding carboxylic acids is 1. The van der Waals surface area contributed by atoms with Crippen LogP contribution in [0.15, 0.2) is 36.5 Å². The minimum atomic E-state index is -1.47. The van der Waals surface area contributed by atoms with Gasteiger partial charge < -0.3 is 34.6 Å². The topological polar surface area (TPSA) is 116 Å². The lowest BCUT2D eigenvalue weighted by atomic mass is 9.72. The van der Waals surface area contributed by atoms with Crippen LogP contribution in [0, 0.1) is 5.41 Å². The van der Waals surface area contributed by atoms with E-state index in [1.165, 1.54) is 23.3 Å². The van der Waals surface area contributed by atoms with Crippen molar-refractivity contribution in [1.29, 1.82) is 0 Å². The highest BCUT2D eigenvalue weighted by Crippen LogP contribution is 2.47. The number of likely N-dealkylation sites (tertiary alicyclic amines) is 1. The van der Waals surface area contributed by atoms with E-state index in [1.807, 2.05) is 31.3 Å². The van der Waals surface area contributed by atoms with E-state index in [-0.39, 0.29) is 18.6 Å². The standard InChI is InChI=1S/C28H37N3O6/c1-17(33)28(2)16-31(27(35)23(34)15-32)14-22(28)19-6-8-24(36-3)25(10-19)37-21-12-30(13-21)26-9-7-20(11-29-26)18-4-5-18/h6-11,17-18,21-23,32-34H,4-5,12-16H2,1-3H3/t17-,22+,23?,28+/m1/s1. The number of benzene rings is 1. The molecule has 1 aromatic carbocycles.